The summed E-state index contributed by atoms with van der Waals surface area (Å²) in [5.74, 6) is 0. The second-order valence-corrected chi connectivity index (χ2v) is 6.08. The number of hydrogen-bond donors (Lipinski definition) is 1. The number of anilines is 1. The molecule has 0 bridgehead atoms. The van der Waals surface area contributed by atoms with Crippen LogP contribution in [0.3, 0.4) is 0 Å². The zero-order chi connectivity index (χ0) is 13.1. The summed E-state index contributed by atoms with van der Waals surface area (Å²) >= 11 is 2.65. The zero-order valence-electron chi connectivity index (χ0n) is 9.87. The minimum Gasteiger partial charge on any atom is -0.317 e. The highest BCUT2D eigenvalue weighted by Crippen LogP contribution is 2.30. The first-order valence-corrected chi connectivity index (χ1v) is 7.34. The normalized spacial score (nSPS) is 10.5. The van der Waals surface area contributed by atoms with Crippen LogP contribution in [0.4, 0.5) is 10.5 Å². The molecule has 0 aliphatic rings. The van der Waals surface area contributed by atoms with E-state index >= 15 is 0 Å². The molecular formula is C14H10N2OS2. The Kier molecular flexibility index (Phi) is 3.48. The summed E-state index contributed by atoms with van der Waals surface area (Å²) in [7, 11) is 0. The van der Waals surface area contributed by atoms with E-state index in [0.29, 0.717) is 0 Å². The predicted octanol–water partition coefficient (Wildman–Crippen LogP) is 4.62. The van der Waals surface area contributed by atoms with Gasteiger partial charge in [-0.2, -0.15) is 0 Å². The molecular weight excluding hydrogens is 276 g/mol. The molecule has 0 aliphatic heterocycles. The molecule has 0 unspecified atom stereocenters. The number of benzene rings is 2. The van der Waals surface area contributed by atoms with E-state index in [-0.39, 0.29) is 5.24 Å². The van der Waals surface area contributed by atoms with E-state index in [9.17, 15) is 4.79 Å². The number of hydrogen-bond acceptors (Lipinski definition) is 4. The van der Waals surface area contributed by atoms with Gasteiger partial charge >= 0.3 is 0 Å². The summed E-state index contributed by atoms with van der Waals surface area (Å²) in [6.45, 7) is 0. The molecule has 3 rings (SSSR count). The van der Waals surface area contributed by atoms with E-state index in [1.54, 1.807) is 0 Å². The second kappa shape index (κ2) is 5.42. The number of thioether (sulfide) groups is 1. The Morgan fingerprint density at radius 3 is 2.58 bits per heavy atom. The molecule has 0 saturated carbocycles. The van der Waals surface area contributed by atoms with Gasteiger partial charge in [-0.05, 0) is 24.3 Å². The number of nitrogens with one attached hydrogen (secondary N) is 1. The van der Waals surface area contributed by atoms with Crippen LogP contribution in [0.25, 0.3) is 10.2 Å². The lowest BCUT2D eigenvalue weighted by molar-refractivity contribution is 0.270. The van der Waals surface area contributed by atoms with Crippen molar-refractivity contribution in [3.63, 3.8) is 0 Å². The Morgan fingerprint density at radius 1 is 1.05 bits per heavy atom. The van der Waals surface area contributed by atoms with E-state index in [1.807, 2.05) is 54.6 Å². The maximum absolute atomic E-state index is 11.9. The van der Waals surface area contributed by atoms with Gasteiger partial charge < -0.3 is 5.32 Å². The first-order chi connectivity index (χ1) is 9.31. The van der Waals surface area contributed by atoms with Gasteiger partial charge in [-0.25, -0.2) is 4.98 Å². The van der Waals surface area contributed by atoms with Gasteiger partial charge in [-0.15, -0.1) is 11.3 Å². The van der Waals surface area contributed by atoms with Crippen molar-refractivity contribution in [2.75, 3.05) is 5.32 Å². The minimum atomic E-state index is -0.120. The summed E-state index contributed by atoms with van der Waals surface area (Å²) in [6.07, 6.45) is 0. The molecule has 3 nitrogen and oxygen atoms in total. The molecule has 0 saturated heterocycles. The summed E-state index contributed by atoms with van der Waals surface area (Å²) in [6, 6.07) is 17.3. The number of thiazole rings is 1. The molecule has 1 amide bonds. The molecule has 0 spiro atoms. The second-order valence-electron chi connectivity index (χ2n) is 3.83. The smallest absolute Gasteiger partial charge is 0.290 e. The van der Waals surface area contributed by atoms with E-state index in [2.05, 4.69) is 10.3 Å². The van der Waals surface area contributed by atoms with Crippen molar-refractivity contribution in [2.24, 2.45) is 0 Å². The van der Waals surface area contributed by atoms with Gasteiger partial charge in [-0.3, -0.25) is 4.79 Å². The Labute approximate surface area is 118 Å². The highest BCUT2D eigenvalue weighted by molar-refractivity contribution is 8.15. The summed E-state index contributed by atoms with van der Waals surface area (Å²) in [4.78, 5) is 16.3. The fraction of sp³-hybridized carbons (Fsp3) is 0. The number of carbonyl (C=O) groups is 1. The van der Waals surface area contributed by atoms with E-state index in [0.717, 1.165) is 32.0 Å². The number of fused-ring (bicyclic) bond motifs is 1. The van der Waals surface area contributed by atoms with Crippen LogP contribution < -0.4 is 5.32 Å². The lowest BCUT2D eigenvalue weighted by Crippen LogP contribution is -2.03. The highest BCUT2D eigenvalue weighted by Gasteiger charge is 2.09. The molecule has 1 heterocycles. The number of nitrogens with zero attached hydrogens (tertiary/aromatic N) is 1. The Hall–Kier alpha value is -1.85. The standard InChI is InChI=1S/C14H10N2OS2/c17-13(15-10-6-2-1-3-7-10)19-14-16-11-8-4-5-9-12(11)18-14/h1-9H,(H,15,17). The van der Waals surface area contributed by atoms with Crippen LogP contribution in [-0.4, -0.2) is 10.2 Å². The van der Waals surface area contributed by atoms with Crippen molar-refractivity contribution in [2.45, 2.75) is 4.34 Å². The first-order valence-electron chi connectivity index (χ1n) is 5.71. The van der Waals surface area contributed by atoms with Gasteiger partial charge in [0.2, 0.25) is 0 Å². The largest absolute Gasteiger partial charge is 0.317 e. The number of carbonyl (C=O) groups excluding carboxylic acids is 1. The van der Waals surface area contributed by atoms with E-state index in [4.69, 9.17) is 0 Å². The van der Waals surface area contributed by atoms with Crippen LogP contribution in [0.15, 0.2) is 58.9 Å². The van der Waals surface area contributed by atoms with E-state index in [1.165, 1.54) is 11.3 Å². The summed E-state index contributed by atoms with van der Waals surface area (Å²) in [5.41, 5.74) is 1.73. The maximum atomic E-state index is 11.9. The van der Waals surface area contributed by atoms with Crippen LogP contribution in [-0.2, 0) is 0 Å². The van der Waals surface area contributed by atoms with Crippen LogP contribution in [0, 0.1) is 0 Å². The third kappa shape index (κ3) is 2.94. The average Bonchev–Trinajstić information content (AvgIpc) is 2.81. The lowest BCUT2D eigenvalue weighted by Gasteiger charge is -2.01. The Bertz CT molecular complexity index is 677. The lowest BCUT2D eigenvalue weighted by atomic mass is 10.3. The molecule has 94 valence electrons. The number of para-hydroxylation sites is 2. The van der Waals surface area contributed by atoms with Crippen LogP contribution in [0.2, 0.25) is 0 Å². The molecule has 0 radical (unpaired) electrons. The van der Waals surface area contributed by atoms with Crippen LogP contribution >= 0.6 is 23.1 Å². The quantitative estimate of drug-likeness (QED) is 0.699. The molecule has 1 N–H and O–H groups in total. The molecule has 1 aromatic heterocycles. The van der Waals surface area contributed by atoms with Crippen molar-refractivity contribution < 1.29 is 4.79 Å². The van der Waals surface area contributed by atoms with Crippen molar-refractivity contribution in [1.82, 2.24) is 4.98 Å². The van der Waals surface area contributed by atoms with Crippen molar-refractivity contribution >= 4 is 44.2 Å². The number of aromatic nitrogens is 1. The molecule has 19 heavy (non-hydrogen) atoms. The molecule has 2 aromatic carbocycles. The fourth-order valence-electron chi connectivity index (χ4n) is 1.64. The average molecular weight is 286 g/mol. The van der Waals surface area contributed by atoms with Gasteiger partial charge in [0.05, 0.1) is 10.2 Å². The Balaban J connectivity index is 1.72. The Morgan fingerprint density at radius 2 is 1.79 bits per heavy atom. The third-order valence-electron chi connectivity index (χ3n) is 2.47. The van der Waals surface area contributed by atoms with Crippen LogP contribution in [0.5, 0.6) is 0 Å². The highest BCUT2D eigenvalue weighted by atomic mass is 32.2. The molecule has 0 aliphatic carbocycles. The molecule has 0 atom stereocenters. The van der Waals surface area contributed by atoms with Gasteiger partial charge in [0.25, 0.3) is 5.24 Å². The minimum absolute atomic E-state index is 0.120. The SMILES string of the molecule is O=C(Nc1ccccc1)Sc1nc2ccccc2s1. The predicted molar refractivity (Wildman–Crippen MR) is 80.9 cm³/mol. The number of amides is 1. The fourth-order valence-corrected chi connectivity index (χ4v) is 3.47. The van der Waals surface area contributed by atoms with E-state index < -0.39 is 0 Å². The van der Waals surface area contributed by atoms with Crippen molar-refractivity contribution in [3.8, 4) is 0 Å². The molecule has 0 fully saturated rings. The molecule has 3 aromatic rings. The third-order valence-corrected chi connectivity index (χ3v) is 4.36. The van der Waals surface area contributed by atoms with Gasteiger partial charge in [0.1, 0.15) is 0 Å². The van der Waals surface area contributed by atoms with Gasteiger partial charge in [0.15, 0.2) is 4.34 Å². The maximum Gasteiger partial charge on any atom is 0.290 e. The monoisotopic (exact) mass is 286 g/mol. The van der Waals surface area contributed by atoms with Gasteiger partial charge in [0, 0.05) is 17.4 Å². The topological polar surface area (TPSA) is 42.0 Å². The van der Waals surface area contributed by atoms with Gasteiger partial charge in [-0.1, -0.05) is 30.3 Å². The number of rotatable bonds is 2. The zero-order valence-corrected chi connectivity index (χ0v) is 11.5. The summed E-state index contributed by atoms with van der Waals surface area (Å²) < 4.78 is 1.85. The van der Waals surface area contributed by atoms with Crippen molar-refractivity contribution in [3.05, 3.63) is 54.6 Å². The molecule has 5 heteroatoms. The van der Waals surface area contributed by atoms with Crippen LogP contribution in [0.1, 0.15) is 0 Å². The van der Waals surface area contributed by atoms with Crippen molar-refractivity contribution in [1.29, 1.82) is 0 Å². The summed E-state index contributed by atoms with van der Waals surface area (Å²) in [5, 5.41) is 2.71. The first kappa shape index (κ1) is 12.2.